The van der Waals surface area contributed by atoms with Gasteiger partial charge in [0.05, 0.1) is 0 Å². The predicted octanol–water partition coefficient (Wildman–Crippen LogP) is 4.61. The Hall–Kier alpha value is -0.0400. The fourth-order valence-electron chi connectivity index (χ4n) is 2.76. The Morgan fingerprint density at radius 3 is 2.12 bits per heavy atom. The molecule has 0 aromatic carbocycles. The van der Waals surface area contributed by atoms with Gasteiger partial charge in [0.1, 0.15) is 0 Å². The summed E-state index contributed by atoms with van der Waals surface area (Å²) < 4.78 is 0. The van der Waals surface area contributed by atoms with Gasteiger partial charge in [-0.05, 0) is 39.3 Å². The summed E-state index contributed by atoms with van der Waals surface area (Å²) in [5, 5.41) is 0. The van der Waals surface area contributed by atoms with Crippen molar-refractivity contribution in [2.75, 3.05) is 13.1 Å². The summed E-state index contributed by atoms with van der Waals surface area (Å²) in [5.74, 6) is 0. The molecule has 0 saturated carbocycles. The van der Waals surface area contributed by atoms with Crippen molar-refractivity contribution in [1.29, 1.82) is 0 Å². The first-order chi connectivity index (χ1) is 7.84. The zero-order valence-corrected chi connectivity index (χ0v) is 11.5. The Bertz CT molecular complexity index is 148. The van der Waals surface area contributed by atoms with Gasteiger partial charge in [0.2, 0.25) is 0 Å². The van der Waals surface area contributed by atoms with E-state index in [-0.39, 0.29) is 0 Å². The predicted molar refractivity (Wildman–Crippen MR) is 72.9 cm³/mol. The van der Waals surface area contributed by atoms with Crippen LogP contribution in [0, 0.1) is 0 Å². The third kappa shape index (κ3) is 5.89. The summed E-state index contributed by atoms with van der Waals surface area (Å²) in [4.78, 5) is 2.74. The summed E-state index contributed by atoms with van der Waals surface area (Å²) in [5.41, 5.74) is 0. The van der Waals surface area contributed by atoms with Crippen LogP contribution in [-0.2, 0) is 0 Å². The molecule has 0 aliphatic carbocycles. The third-order valence-electron chi connectivity index (χ3n) is 3.99. The molecule has 0 bridgehead atoms. The van der Waals surface area contributed by atoms with E-state index in [2.05, 4.69) is 18.7 Å². The SMILES string of the molecule is CCCCCCC(C)N1CCCCCCC1. The van der Waals surface area contributed by atoms with Crippen LogP contribution in [0.1, 0.15) is 78.1 Å². The van der Waals surface area contributed by atoms with Crippen molar-refractivity contribution in [1.82, 2.24) is 4.90 Å². The molecule has 16 heavy (non-hydrogen) atoms. The number of hydrogen-bond donors (Lipinski definition) is 0. The quantitative estimate of drug-likeness (QED) is 0.597. The number of unbranched alkanes of at least 4 members (excludes halogenated alkanes) is 3. The molecule has 1 heteroatoms. The zero-order chi connectivity index (χ0) is 11.6. The van der Waals surface area contributed by atoms with E-state index < -0.39 is 0 Å². The van der Waals surface area contributed by atoms with Gasteiger partial charge in [-0.3, -0.25) is 0 Å². The summed E-state index contributed by atoms with van der Waals surface area (Å²) in [6, 6.07) is 0.829. The second-order valence-corrected chi connectivity index (χ2v) is 5.50. The van der Waals surface area contributed by atoms with E-state index in [1.807, 2.05) is 0 Å². The maximum atomic E-state index is 2.74. The minimum atomic E-state index is 0.829. The minimum Gasteiger partial charge on any atom is -0.301 e. The van der Waals surface area contributed by atoms with Gasteiger partial charge in [0, 0.05) is 6.04 Å². The number of rotatable bonds is 6. The molecule has 1 unspecified atom stereocenters. The van der Waals surface area contributed by atoms with Crippen LogP contribution in [0.4, 0.5) is 0 Å². The van der Waals surface area contributed by atoms with Gasteiger partial charge < -0.3 is 4.90 Å². The largest absolute Gasteiger partial charge is 0.301 e. The maximum Gasteiger partial charge on any atom is 0.00669 e. The Morgan fingerprint density at radius 2 is 1.50 bits per heavy atom. The lowest BCUT2D eigenvalue weighted by Gasteiger charge is -2.30. The Labute approximate surface area is 103 Å². The molecule has 96 valence electrons. The standard InChI is InChI=1S/C15H31N/c1-3-4-5-9-12-15(2)16-13-10-7-6-8-11-14-16/h15H,3-14H2,1-2H3. The highest BCUT2D eigenvalue weighted by atomic mass is 15.1. The maximum absolute atomic E-state index is 2.74. The summed E-state index contributed by atoms with van der Waals surface area (Å²) >= 11 is 0. The van der Waals surface area contributed by atoms with E-state index in [0.717, 1.165) is 6.04 Å². The average Bonchev–Trinajstić information content (AvgIpc) is 2.23. The lowest BCUT2D eigenvalue weighted by Crippen LogP contribution is -2.35. The van der Waals surface area contributed by atoms with Gasteiger partial charge >= 0.3 is 0 Å². The zero-order valence-electron chi connectivity index (χ0n) is 11.5. The van der Waals surface area contributed by atoms with Gasteiger partial charge in [-0.1, -0.05) is 51.9 Å². The van der Waals surface area contributed by atoms with Crippen LogP contribution in [0.15, 0.2) is 0 Å². The van der Waals surface area contributed by atoms with Gasteiger partial charge in [0.15, 0.2) is 0 Å². The van der Waals surface area contributed by atoms with Crippen LogP contribution < -0.4 is 0 Å². The van der Waals surface area contributed by atoms with Crippen LogP contribution in [-0.4, -0.2) is 24.0 Å². The Balaban J connectivity index is 2.14. The topological polar surface area (TPSA) is 3.24 Å². The van der Waals surface area contributed by atoms with Crippen molar-refractivity contribution < 1.29 is 0 Å². The molecular weight excluding hydrogens is 194 g/mol. The average molecular weight is 225 g/mol. The highest BCUT2D eigenvalue weighted by Gasteiger charge is 2.14. The first-order valence-corrected chi connectivity index (χ1v) is 7.58. The monoisotopic (exact) mass is 225 g/mol. The van der Waals surface area contributed by atoms with Gasteiger partial charge in [0.25, 0.3) is 0 Å². The van der Waals surface area contributed by atoms with Gasteiger partial charge in [-0.15, -0.1) is 0 Å². The first-order valence-electron chi connectivity index (χ1n) is 7.58. The van der Waals surface area contributed by atoms with E-state index in [0.29, 0.717) is 0 Å². The molecule has 1 aliphatic rings. The van der Waals surface area contributed by atoms with Crippen LogP contribution in [0.5, 0.6) is 0 Å². The third-order valence-corrected chi connectivity index (χ3v) is 3.99. The highest BCUT2D eigenvalue weighted by molar-refractivity contribution is 4.69. The highest BCUT2D eigenvalue weighted by Crippen LogP contribution is 2.16. The summed E-state index contributed by atoms with van der Waals surface area (Å²) in [6.07, 6.45) is 14.3. The normalized spacial score (nSPS) is 21.4. The van der Waals surface area contributed by atoms with E-state index in [1.165, 1.54) is 77.3 Å². The lowest BCUT2D eigenvalue weighted by atomic mass is 10.0. The summed E-state index contributed by atoms with van der Waals surface area (Å²) in [6.45, 7) is 7.44. The fraction of sp³-hybridized carbons (Fsp3) is 1.00. The second-order valence-electron chi connectivity index (χ2n) is 5.50. The lowest BCUT2D eigenvalue weighted by molar-refractivity contribution is 0.179. The van der Waals surface area contributed by atoms with Gasteiger partial charge in [-0.2, -0.15) is 0 Å². The van der Waals surface area contributed by atoms with E-state index in [1.54, 1.807) is 0 Å². The van der Waals surface area contributed by atoms with Crippen LogP contribution in [0.3, 0.4) is 0 Å². The molecule has 0 radical (unpaired) electrons. The molecule has 0 spiro atoms. The number of nitrogens with zero attached hydrogens (tertiary/aromatic N) is 1. The molecule has 1 saturated heterocycles. The van der Waals surface area contributed by atoms with Crippen molar-refractivity contribution >= 4 is 0 Å². The molecule has 0 aromatic heterocycles. The van der Waals surface area contributed by atoms with Crippen LogP contribution in [0.25, 0.3) is 0 Å². The van der Waals surface area contributed by atoms with Crippen molar-refractivity contribution in [2.45, 2.75) is 84.1 Å². The molecule has 0 aromatic rings. The fourth-order valence-corrected chi connectivity index (χ4v) is 2.76. The van der Waals surface area contributed by atoms with Crippen molar-refractivity contribution in [3.8, 4) is 0 Å². The van der Waals surface area contributed by atoms with Crippen LogP contribution in [0.2, 0.25) is 0 Å². The van der Waals surface area contributed by atoms with Gasteiger partial charge in [-0.25, -0.2) is 0 Å². The van der Waals surface area contributed by atoms with Crippen LogP contribution >= 0.6 is 0 Å². The molecular formula is C15H31N. The van der Waals surface area contributed by atoms with E-state index in [9.17, 15) is 0 Å². The second kappa shape index (κ2) is 9.04. The van der Waals surface area contributed by atoms with Crippen molar-refractivity contribution in [3.05, 3.63) is 0 Å². The van der Waals surface area contributed by atoms with E-state index in [4.69, 9.17) is 0 Å². The Morgan fingerprint density at radius 1 is 0.875 bits per heavy atom. The first kappa shape index (κ1) is 14.0. The molecule has 0 amide bonds. The molecule has 1 rings (SSSR count). The summed E-state index contributed by atoms with van der Waals surface area (Å²) in [7, 11) is 0. The van der Waals surface area contributed by atoms with Crippen molar-refractivity contribution in [2.24, 2.45) is 0 Å². The Kier molecular flexibility index (Phi) is 7.92. The molecule has 1 fully saturated rings. The molecule has 1 aliphatic heterocycles. The number of likely N-dealkylation sites (tertiary alicyclic amines) is 1. The van der Waals surface area contributed by atoms with E-state index >= 15 is 0 Å². The molecule has 1 atom stereocenters. The van der Waals surface area contributed by atoms with Crippen molar-refractivity contribution in [3.63, 3.8) is 0 Å². The minimum absolute atomic E-state index is 0.829. The smallest absolute Gasteiger partial charge is 0.00669 e. The number of hydrogen-bond acceptors (Lipinski definition) is 1. The molecule has 1 nitrogen and oxygen atoms in total. The molecule has 0 N–H and O–H groups in total. The molecule has 1 heterocycles.